The quantitative estimate of drug-likeness (QED) is 0.767. The topological polar surface area (TPSA) is 82.1 Å². The van der Waals surface area contributed by atoms with Gasteiger partial charge in [0, 0.05) is 17.2 Å². The molecule has 0 unspecified atom stereocenters. The number of halogens is 1. The Kier molecular flexibility index (Phi) is 2.74. The molecule has 7 heteroatoms. The molecule has 0 aliphatic carbocycles. The largest absolute Gasteiger partial charge is 0.530 e. The highest BCUT2D eigenvalue weighted by Gasteiger charge is 2.14. The van der Waals surface area contributed by atoms with Gasteiger partial charge in [-0.25, -0.2) is 0 Å². The van der Waals surface area contributed by atoms with Crippen LogP contribution in [0, 0.1) is 0 Å². The second-order valence-corrected chi connectivity index (χ2v) is 3.34. The van der Waals surface area contributed by atoms with Gasteiger partial charge in [-0.3, -0.25) is 4.52 Å². The molecule has 0 saturated carbocycles. The maximum atomic E-state index is 10.2. The first-order chi connectivity index (χ1) is 7.65. The van der Waals surface area contributed by atoms with E-state index in [1.165, 1.54) is 10.9 Å². The molecule has 2 rings (SSSR count). The Morgan fingerprint density at radius 1 is 1.56 bits per heavy atom. The van der Waals surface area contributed by atoms with Crippen LogP contribution in [0.15, 0.2) is 35.0 Å². The first-order valence-electron chi connectivity index (χ1n) is 4.28. The van der Waals surface area contributed by atoms with Gasteiger partial charge in [-0.15, -0.1) is 0 Å². The van der Waals surface area contributed by atoms with Crippen molar-refractivity contribution in [3.05, 3.63) is 35.5 Å². The fraction of sp³-hybridized carbons (Fsp3) is 0. The molecule has 0 saturated heterocycles. The molecule has 0 atom stereocenters. The van der Waals surface area contributed by atoms with E-state index in [-0.39, 0.29) is 5.88 Å². The zero-order valence-corrected chi connectivity index (χ0v) is 8.64. The van der Waals surface area contributed by atoms with Gasteiger partial charge < -0.3 is 15.2 Å². The number of rotatable bonds is 2. The van der Waals surface area contributed by atoms with Crippen molar-refractivity contribution in [1.29, 1.82) is 0 Å². The molecular formula is C9H6ClN3O3. The molecule has 1 amide bonds. The second-order valence-electron chi connectivity index (χ2n) is 2.90. The van der Waals surface area contributed by atoms with E-state index in [1.54, 1.807) is 24.3 Å². The molecule has 1 aromatic carbocycles. The molecule has 0 bridgehead atoms. The maximum absolute atomic E-state index is 10.2. The highest BCUT2D eigenvalue weighted by Crippen LogP contribution is 2.11. The SMILES string of the molecule is O=C([O-])Nc1c[n+](-c2cccc(Cl)c2)no1. The molecule has 0 aliphatic heterocycles. The van der Waals surface area contributed by atoms with Gasteiger partial charge in [0.25, 0.3) is 6.20 Å². The van der Waals surface area contributed by atoms with E-state index < -0.39 is 6.09 Å². The van der Waals surface area contributed by atoms with Crippen LogP contribution in [-0.2, 0) is 0 Å². The minimum Gasteiger partial charge on any atom is -0.530 e. The summed E-state index contributed by atoms with van der Waals surface area (Å²) >= 11 is 5.79. The molecule has 16 heavy (non-hydrogen) atoms. The van der Waals surface area contributed by atoms with Crippen molar-refractivity contribution in [1.82, 2.24) is 5.27 Å². The fourth-order valence-corrected chi connectivity index (χ4v) is 1.33. The Labute approximate surface area is 95.0 Å². The summed E-state index contributed by atoms with van der Waals surface area (Å²) in [5.41, 5.74) is 0.655. The van der Waals surface area contributed by atoms with Crippen LogP contribution in [0.4, 0.5) is 10.7 Å². The van der Waals surface area contributed by atoms with Crippen LogP contribution in [0.3, 0.4) is 0 Å². The molecule has 1 heterocycles. The van der Waals surface area contributed by atoms with Gasteiger partial charge >= 0.3 is 5.88 Å². The van der Waals surface area contributed by atoms with E-state index >= 15 is 0 Å². The number of anilines is 1. The Morgan fingerprint density at radius 3 is 3.06 bits per heavy atom. The number of carbonyl (C=O) groups excluding carboxylic acids is 1. The monoisotopic (exact) mass is 239 g/mol. The number of nitrogens with one attached hydrogen (secondary N) is 1. The van der Waals surface area contributed by atoms with Crippen molar-refractivity contribution in [2.24, 2.45) is 0 Å². The van der Waals surface area contributed by atoms with Crippen LogP contribution in [0.5, 0.6) is 0 Å². The van der Waals surface area contributed by atoms with Crippen molar-refractivity contribution in [2.45, 2.75) is 0 Å². The normalized spacial score (nSPS) is 10.1. The predicted molar refractivity (Wildman–Crippen MR) is 52.1 cm³/mol. The van der Waals surface area contributed by atoms with Crippen molar-refractivity contribution < 1.29 is 19.1 Å². The van der Waals surface area contributed by atoms with Crippen molar-refractivity contribution >= 4 is 23.6 Å². The number of nitrogens with zero attached hydrogens (tertiary/aromatic N) is 2. The van der Waals surface area contributed by atoms with Gasteiger partial charge in [0.05, 0.1) is 0 Å². The van der Waals surface area contributed by atoms with Gasteiger partial charge in [-0.05, 0) is 10.7 Å². The molecule has 0 radical (unpaired) electrons. The molecule has 1 aromatic heterocycles. The predicted octanol–water partition coefficient (Wildman–Crippen LogP) is 0.360. The first kappa shape index (κ1) is 10.4. The summed E-state index contributed by atoms with van der Waals surface area (Å²) in [6, 6.07) is 6.86. The van der Waals surface area contributed by atoms with Crippen LogP contribution < -0.4 is 15.1 Å². The average Bonchev–Trinajstić information content (AvgIpc) is 2.65. The Bertz CT molecular complexity index is 526. The lowest BCUT2D eigenvalue weighted by molar-refractivity contribution is -0.670. The van der Waals surface area contributed by atoms with Crippen molar-refractivity contribution in [3.8, 4) is 5.69 Å². The fourth-order valence-electron chi connectivity index (χ4n) is 1.14. The summed E-state index contributed by atoms with van der Waals surface area (Å²) in [5, 5.41) is 16.3. The number of carbonyl (C=O) groups is 1. The minimum absolute atomic E-state index is 0.0278. The van der Waals surface area contributed by atoms with Gasteiger partial charge in [0.2, 0.25) is 11.0 Å². The van der Waals surface area contributed by atoms with Crippen molar-refractivity contribution in [3.63, 3.8) is 0 Å². The van der Waals surface area contributed by atoms with Crippen LogP contribution in [0.25, 0.3) is 5.69 Å². The highest BCUT2D eigenvalue weighted by molar-refractivity contribution is 6.30. The molecular weight excluding hydrogens is 234 g/mol. The van der Waals surface area contributed by atoms with Gasteiger partial charge in [0.15, 0.2) is 0 Å². The summed E-state index contributed by atoms with van der Waals surface area (Å²) in [6.45, 7) is 0. The van der Waals surface area contributed by atoms with Crippen LogP contribution >= 0.6 is 11.6 Å². The molecule has 82 valence electrons. The van der Waals surface area contributed by atoms with Gasteiger partial charge in [0.1, 0.15) is 6.09 Å². The van der Waals surface area contributed by atoms with Crippen LogP contribution in [0.2, 0.25) is 5.02 Å². The Morgan fingerprint density at radius 2 is 2.38 bits per heavy atom. The number of benzene rings is 1. The summed E-state index contributed by atoms with van der Waals surface area (Å²) < 4.78 is 6.05. The van der Waals surface area contributed by atoms with E-state index in [2.05, 4.69) is 5.27 Å². The van der Waals surface area contributed by atoms with E-state index in [4.69, 9.17) is 16.1 Å². The molecule has 0 spiro atoms. The summed E-state index contributed by atoms with van der Waals surface area (Å²) in [4.78, 5) is 10.2. The number of hydrogen-bond acceptors (Lipinski definition) is 4. The number of carboxylic acid groups (broad SMARTS) is 1. The first-order valence-corrected chi connectivity index (χ1v) is 4.65. The van der Waals surface area contributed by atoms with E-state index in [1.807, 2.05) is 5.32 Å². The highest BCUT2D eigenvalue weighted by atomic mass is 35.5. The third kappa shape index (κ3) is 2.29. The summed E-state index contributed by atoms with van der Waals surface area (Å²) in [5.74, 6) is -0.0278. The summed E-state index contributed by atoms with van der Waals surface area (Å²) in [6.07, 6.45) is -0.101. The molecule has 6 nitrogen and oxygen atoms in total. The number of hydrogen-bond donors (Lipinski definition) is 1. The lowest BCUT2D eigenvalue weighted by Crippen LogP contribution is -2.32. The molecule has 0 fully saturated rings. The van der Waals surface area contributed by atoms with Gasteiger partial charge in [-0.2, -0.15) is 0 Å². The third-order valence-corrected chi connectivity index (χ3v) is 2.00. The maximum Gasteiger partial charge on any atom is 0.301 e. The van der Waals surface area contributed by atoms with E-state index in [9.17, 15) is 9.90 Å². The molecule has 0 aliphatic rings. The number of amides is 1. The third-order valence-electron chi connectivity index (χ3n) is 1.76. The number of aromatic nitrogens is 2. The minimum atomic E-state index is -1.46. The lowest BCUT2D eigenvalue weighted by atomic mass is 10.3. The van der Waals surface area contributed by atoms with E-state index in [0.29, 0.717) is 10.7 Å². The average molecular weight is 240 g/mol. The van der Waals surface area contributed by atoms with Crippen molar-refractivity contribution in [2.75, 3.05) is 5.32 Å². The van der Waals surface area contributed by atoms with Crippen LogP contribution in [-0.4, -0.2) is 11.4 Å². The molecule has 1 N–H and O–H groups in total. The molecule has 2 aromatic rings. The smallest absolute Gasteiger partial charge is 0.301 e. The standard InChI is InChI=1S/C9H6ClN3O3/c10-6-2-1-3-7(4-6)13-5-8(16-12-13)11-9(14)15/h1-5H,(H-,11,12,14,15). The zero-order valence-electron chi connectivity index (χ0n) is 7.88. The van der Waals surface area contributed by atoms with Crippen LogP contribution in [0.1, 0.15) is 0 Å². The van der Waals surface area contributed by atoms with Gasteiger partial charge in [-0.1, -0.05) is 17.7 Å². The lowest BCUT2D eigenvalue weighted by Gasteiger charge is -1.96. The zero-order chi connectivity index (χ0) is 11.5. The summed E-state index contributed by atoms with van der Waals surface area (Å²) in [7, 11) is 0. The second kappa shape index (κ2) is 4.19. The Hall–Kier alpha value is -2.08. The van der Waals surface area contributed by atoms with E-state index in [0.717, 1.165) is 0 Å². The Balaban J connectivity index is 2.28.